The first-order valence-electron chi connectivity index (χ1n) is 7.88. The minimum absolute atomic E-state index is 0. The Bertz CT molecular complexity index is 262. The molecule has 120 valence electrons. The van der Waals surface area contributed by atoms with Gasteiger partial charge >= 0.3 is 0 Å². The summed E-state index contributed by atoms with van der Waals surface area (Å²) in [6.07, 6.45) is 4.96. The molecule has 20 heavy (non-hydrogen) atoms. The van der Waals surface area contributed by atoms with Gasteiger partial charge in [-0.15, -0.1) is 24.0 Å². The van der Waals surface area contributed by atoms with E-state index in [0.29, 0.717) is 0 Å². The van der Waals surface area contributed by atoms with E-state index >= 15 is 0 Å². The summed E-state index contributed by atoms with van der Waals surface area (Å²) in [4.78, 5) is 7.07. The summed E-state index contributed by atoms with van der Waals surface area (Å²) in [6.45, 7) is 12.2. The Morgan fingerprint density at radius 3 is 2.80 bits per heavy atom. The number of nitrogens with zero attached hydrogens (tertiary/aromatic N) is 2. The maximum atomic E-state index is 5.56. The molecule has 1 N–H and O–H groups in total. The van der Waals surface area contributed by atoms with Crippen LogP contribution in [0.4, 0.5) is 0 Å². The van der Waals surface area contributed by atoms with Gasteiger partial charge in [-0.05, 0) is 32.1 Å². The normalized spacial score (nSPS) is 19.6. The van der Waals surface area contributed by atoms with Crippen LogP contribution < -0.4 is 5.32 Å². The van der Waals surface area contributed by atoms with Gasteiger partial charge in [0, 0.05) is 26.2 Å². The van der Waals surface area contributed by atoms with E-state index in [2.05, 4.69) is 36.0 Å². The predicted molar refractivity (Wildman–Crippen MR) is 97.1 cm³/mol. The van der Waals surface area contributed by atoms with Crippen LogP contribution in [0.15, 0.2) is 4.99 Å². The van der Waals surface area contributed by atoms with Crippen LogP contribution in [-0.4, -0.2) is 50.3 Å². The number of piperidine rings is 1. The van der Waals surface area contributed by atoms with Crippen molar-refractivity contribution in [2.24, 2.45) is 10.9 Å². The van der Waals surface area contributed by atoms with Gasteiger partial charge in [-0.2, -0.15) is 0 Å². The predicted octanol–water partition coefficient (Wildman–Crippen LogP) is 3.12. The lowest BCUT2D eigenvalue weighted by Gasteiger charge is -2.33. The van der Waals surface area contributed by atoms with Crippen LogP contribution in [0.5, 0.6) is 0 Å². The van der Waals surface area contributed by atoms with Gasteiger partial charge in [0.05, 0.1) is 13.2 Å². The molecule has 0 radical (unpaired) electrons. The monoisotopic (exact) mass is 397 g/mol. The van der Waals surface area contributed by atoms with Crippen LogP contribution in [0.2, 0.25) is 0 Å². The minimum Gasteiger partial charge on any atom is -0.380 e. The van der Waals surface area contributed by atoms with Gasteiger partial charge < -0.3 is 15.0 Å². The topological polar surface area (TPSA) is 36.9 Å². The summed E-state index contributed by atoms with van der Waals surface area (Å²) in [5.41, 5.74) is 0. The van der Waals surface area contributed by atoms with Crippen molar-refractivity contribution in [2.75, 3.05) is 39.4 Å². The standard InChI is InChI=1S/C15H31N3O.HI/c1-4-6-11-19-12-9-17-15(16-5-2)18-10-7-8-14(3)13-18;/h14H,4-13H2,1-3H3,(H,16,17);1H. The zero-order valence-corrected chi connectivity index (χ0v) is 15.7. The van der Waals surface area contributed by atoms with E-state index in [4.69, 9.17) is 4.74 Å². The molecule has 0 amide bonds. The summed E-state index contributed by atoms with van der Waals surface area (Å²) >= 11 is 0. The third-order valence-corrected chi connectivity index (χ3v) is 3.43. The quantitative estimate of drug-likeness (QED) is 0.311. The molecule has 0 aromatic heterocycles. The summed E-state index contributed by atoms with van der Waals surface area (Å²) in [7, 11) is 0. The third-order valence-electron chi connectivity index (χ3n) is 3.43. The molecule has 1 saturated heterocycles. The highest BCUT2D eigenvalue weighted by Gasteiger charge is 2.18. The Kier molecular flexibility index (Phi) is 12.7. The molecule has 1 rings (SSSR count). The molecule has 1 fully saturated rings. The number of likely N-dealkylation sites (tertiary alicyclic amines) is 1. The summed E-state index contributed by atoms with van der Waals surface area (Å²) in [5, 5.41) is 3.40. The Balaban J connectivity index is 0.00000361. The first-order chi connectivity index (χ1) is 9.27. The Hall–Kier alpha value is -0.0400. The van der Waals surface area contributed by atoms with E-state index in [1.54, 1.807) is 0 Å². The molecule has 0 spiro atoms. The molecule has 5 heteroatoms. The lowest BCUT2D eigenvalue weighted by molar-refractivity contribution is 0.138. The zero-order valence-electron chi connectivity index (χ0n) is 13.4. The molecule has 0 aromatic carbocycles. The van der Waals surface area contributed by atoms with E-state index in [1.165, 1.54) is 19.3 Å². The van der Waals surface area contributed by atoms with Crippen molar-refractivity contribution in [1.82, 2.24) is 10.2 Å². The van der Waals surface area contributed by atoms with Crippen LogP contribution >= 0.6 is 24.0 Å². The molecule has 0 bridgehead atoms. The van der Waals surface area contributed by atoms with Crippen LogP contribution in [0, 0.1) is 5.92 Å². The van der Waals surface area contributed by atoms with E-state index in [-0.39, 0.29) is 24.0 Å². The fourth-order valence-corrected chi connectivity index (χ4v) is 2.37. The second-order valence-electron chi connectivity index (χ2n) is 5.39. The van der Waals surface area contributed by atoms with E-state index < -0.39 is 0 Å². The van der Waals surface area contributed by atoms with Crippen LogP contribution in [-0.2, 0) is 4.74 Å². The summed E-state index contributed by atoms with van der Waals surface area (Å²) < 4.78 is 5.56. The molecule has 0 aromatic rings. The van der Waals surface area contributed by atoms with Gasteiger partial charge in [0.15, 0.2) is 5.96 Å². The van der Waals surface area contributed by atoms with Crippen molar-refractivity contribution in [2.45, 2.75) is 46.5 Å². The maximum Gasteiger partial charge on any atom is 0.194 e. The number of hydrogen-bond donors (Lipinski definition) is 1. The van der Waals surface area contributed by atoms with Crippen LogP contribution in [0.25, 0.3) is 0 Å². The molecule has 1 unspecified atom stereocenters. The molecular weight excluding hydrogens is 365 g/mol. The fourth-order valence-electron chi connectivity index (χ4n) is 2.37. The Labute approximate surface area is 141 Å². The lowest BCUT2D eigenvalue weighted by atomic mass is 10.0. The zero-order chi connectivity index (χ0) is 13.9. The highest BCUT2D eigenvalue weighted by Crippen LogP contribution is 2.15. The molecule has 4 nitrogen and oxygen atoms in total. The number of nitrogens with one attached hydrogen (secondary N) is 1. The molecular formula is C15H32IN3O. The second kappa shape index (κ2) is 12.7. The van der Waals surface area contributed by atoms with Crippen molar-refractivity contribution in [3.8, 4) is 0 Å². The number of aliphatic imine (C=N–C) groups is 1. The van der Waals surface area contributed by atoms with Gasteiger partial charge in [-0.3, -0.25) is 4.99 Å². The van der Waals surface area contributed by atoms with Gasteiger partial charge in [-0.1, -0.05) is 20.3 Å². The van der Waals surface area contributed by atoms with E-state index in [0.717, 1.165) is 57.7 Å². The largest absolute Gasteiger partial charge is 0.380 e. The van der Waals surface area contributed by atoms with Crippen molar-refractivity contribution in [3.63, 3.8) is 0 Å². The number of guanidine groups is 1. The van der Waals surface area contributed by atoms with Gasteiger partial charge in [0.1, 0.15) is 0 Å². The second-order valence-corrected chi connectivity index (χ2v) is 5.39. The average Bonchev–Trinajstić information content (AvgIpc) is 2.41. The molecule has 1 aliphatic heterocycles. The molecule has 0 saturated carbocycles. The van der Waals surface area contributed by atoms with Crippen molar-refractivity contribution >= 4 is 29.9 Å². The number of halogens is 1. The highest BCUT2D eigenvalue weighted by molar-refractivity contribution is 14.0. The SMILES string of the molecule is CCCCOCCN=C(NCC)N1CCCC(C)C1.I. The average molecular weight is 397 g/mol. The summed E-state index contributed by atoms with van der Waals surface area (Å²) in [5.74, 6) is 1.84. The first-order valence-corrected chi connectivity index (χ1v) is 7.88. The molecule has 1 aliphatic rings. The minimum atomic E-state index is 0. The molecule has 1 heterocycles. The maximum absolute atomic E-state index is 5.56. The van der Waals surface area contributed by atoms with Gasteiger partial charge in [0.25, 0.3) is 0 Å². The highest BCUT2D eigenvalue weighted by atomic mass is 127. The fraction of sp³-hybridized carbons (Fsp3) is 0.933. The van der Waals surface area contributed by atoms with Gasteiger partial charge in [-0.25, -0.2) is 0 Å². The number of rotatable bonds is 7. The van der Waals surface area contributed by atoms with Crippen LogP contribution in [0.3, 0.4) is 0 Å². The van der Waals surface area contributed by atoms with Crippen molar-refractivity contribution in [1.29, 1.82) is 0 Å². The molecule has 0 aliphatic carbocycles. The first kappa shape index (κ1) is 20.0. The Morgan fingerprint density at radius 1 is 1.35 bits per heavy atom. The van der Waals surface area contributed by atoms with Crippen molar-refractivity contribution in [3.05, 3.63) is 0 Å². The number of ether oxygens (including phenoxy) is 1. The number of hydrogen-bond acceptors (Lipinski definition) is 2. The van der Waals surface area contributed by atoms with E-state index in [1.807, 2.05) is 0 Å². The Morgan fingerprint density at radius 2 is 2.15 bits per heavy atom. The number of unbranched alkanes of at least 4 members (excludes halogenated alkanes) is 1. The third kappa shape index (κ3) is 8.29. The van der Waals surface area contributed by atoms with Crippen LogP contribution in [0.1, 0.15) is 46.5 Å². The van der Waals surface area contributed by atoms with Gasteiger partial charge in [0.2, 0.25) is 0 Å². The van der Waals surface area contributed by atoms with E-state index in [9.17, 15) is 0 Å². The summed E-state index contributed by atoms with van der Waals surface area (Å²) in [6, 6.07) is 0. The smallest absolute Gasteiger partial charge is 0.194 e. The molecule has 1 atom stereocenters. The lowest BCUT2D eigenvalue weighted by Crippen LogP contribution is -2.46. The van der Waals surface area contributed by atoms with Crippen molar-refractivity contribution < 1.29 is 4.74 Å².